The fourth-order valence-corrected chi connectivity index (χ4v) is 1.71. The van der Waals surface area contributed by atoms with Gasteiger partial charge in [0, 0.05) is 20.0 Å². The van der Waals surface area contributed by atoms with Gasteiger partial charge < -0.3 is 10.0 Å². The van der Waals surface area contributed by atoms with Crippen molar-refractivity contribution in [2.24, 2.45) is 0 Å². The van der Waals surface area contributed by atoms with Crippen molar-refractivity contribution in [3.05, 3.63) is 34.6 Å². The Hall–Kier alpha value is -1.62. The van der Waals surface area contributed by atoms with Gasteiger partial charge in [-0.3, -0.25) is 9.59 Å². The molecule has 0 atom stereocenters. The van der Waals surface area contributed by atoms with Gasteiger partial charge in [0.25, 0.3) is 5.91 Å². The Morgan fingerprint density at radius 2 is 2.11 bits per heavy atom. The first-order chi connectivity index (χ1) is 8.43. The molecule has 0 aliphatic carbocycles. The molecule has 6 heteroatoms. The van der Waals surface area contributed by atoms with E-state index in [1.165, 1.54) is 24.1 Å². The highest BCUT2D eigenvalue weighted by atomic mass is 35.5. The summed E-state index contributed by atoms with van der Waals surface area (Å²) in [6, 6.07) is 4.01. The number of halogens is 2. The summed E-state index contributed by atoms with van der Waals surface area (Å²) in [6.07, 6.45) is 0.270. The topological polar surface area (TPSA) is 57.6 Å². The van der Waals surface area contributed by atoms with Crippen LogP contribution in [0.15, 0.2) is 18.2 Å². The molecule has 0 saturated heterocycles. The lowest BCUT2D eigenvalue weighted by Crippen LogP contribution is -2.29. The van der Waals surface area contributed by atoms with Crippen LogP contribution in [0.2, 0.25) is 5.02 Å². The van der Waals surface area contributed by atoms with Crippen molar-refractivity contribution < 1.29 is 19.1 Å². The van der Waals surface area contributed by atoms with Crippen molar-refractivity contribution in [2.75, 3.05) is 13.6 Å². The summed E-state index contributed by atoms with van der Waals surface area (Å²) >= 11 is 5.77. The van der Waals surface area contributed by atoms with Gasteiger partial charge in [0.05, 0.1) is 10.6 Å². The van der Waals surface area contributed by atoms with Gasteiger partial charge >= 0.3 is 5.97 Å². The summed E-state index contributed by atoms with van der Waals surface area (Å²) in [6.45, 7) is 0.232. The zero-order valence-electron chi connectivity index (χ0n) is 9.82. The van der Waals surface area contributed by atoms with Gasteiger partial charge in [0.2, 0.25) is 0 Å². The van der Waals surface area contributed by atoms with Gasteiger partial charge in [0.15, 0.2) is 0 Å². The quantitative estimate of drug-likeness (QED) is 0.896. The van der Waals surface area contributed by atoms with Crippen molar-refractivity contribution in [2.45, 2.75) is 12.8 Å². The molecule has 0 spiro atoms. The SMILES string of the molecule is CN(CCCC(=O)O)C(=O)c1c(F)cccc1Cl. The van der Waals surface area contributed by atoms with E-state index in [1.54, 1.807) is 0 Å². The maximum atomic E-state index is 13.5. The Morgan fingerprint density at radius 3 is 2.67 bits per heavy atom. The van der Waals surface area contributed by atoms with Crippen LogP contribution in [0.4, 0.5) is 4.39 Å². The lowest BCUT2D eigenvalue weighted by atomic mass is 10.2. The van der Waals surface area contributed by atoms with Crippen LogP contribution in [0, 0.1) is 5.82 Å². The van der Waals surface area contributed by atoms with Crippen LogP contribution in [0.1, 0.15) is 23.2 Å². The number of carbonyl (C=O) groups is 2. The largest absolute Gasteiger partial charge is 0.481 e. The minimum Gasteiger partial charge on any atom is -0.481 e. The van der Waals surface area contributed by atoms with Crippen molar-refractivity contribution in [3.63, 3.8) is 0 Å². The third-order valence-corrected chi connectivity index (χ3v) is 2.72. The highest BCUT2D eigenvalue weighted by molar-refractivity contribution is 6.33. The van der Waals surface area contributed by atoms with Gasteiger partial charge in [-0.2, -0.15) is 0 Å². The average molecular weight is 274 g/mol. The molecule has 1 aromatic rings. The number of carboxylic acids is 1. The molecule has 1 amide bonds. The maximum absolute atomic E-state index is 13.5. The monoisotopic (exact) mass is 273 g/mol. The molecule has 4 nitrogen and oxygen atoms in total. The number of rotatable bonds is 5. The van der Waals surface area contributed by atoms with E-state index in [0.717, 1.165) is 6.07 Å². The zero-order chi connectivity index (χ0) is 13.7. The highest BCUT2D eigenvalue weighted by Crippen LogP contribution is 2.20. The van der Waals surface area contributed by atoms with E-state index in [1.807, 2.05) is 0 Å². The number of carbonyl (C=O) groups excluding carboxylic acids is 1. The Morgan fingerprint density at radius 1 is 1.44 bits per heavy atom. The van der Waals surface area contributed by atoms with E-state index in [9.17, 15) is 14.0 Å². The first-order valence-corrected chi connectivity index (χ1v) is 5.72. The molecule has 0 aliphatic heterocycles. The molecule has 1 N–H and O–H groups in total. The summed E-state index contributed by atoms with van der Waals surface area (Å²) < 4.78 is 13.5. The Kier molecular flexibility index (Phi) is 5.09. The molecule has 18 heavy (non-hydrogen) atoms. The maximum Gasteiger partial charge on any atom is 0.303 e. The second kappa shape index (κ2) is 6.35. The standard InChI is InChI=1S/C12H13ClFNO3/c1-15(7-3-6-10(16)17)12(18)11-8(13)4-2-5-9(11)14/h2,4-5H,3,6-7H2,1H3,(H,16,17). The predicted octanol–water partition coefficient (Wildman–Crippen LogP) is 2.42. The van der Waals surface area contributed by atoms with Crippen LogP contribution in [0.25, 0.3) is 0 Å². The zero-order valence-corrected chi connectivity index (χ0v) is 10.6. The van der Waals surface area contributed by atoms with Crippen LogP contribution in [0.3, 0.4) is 0 Å². The summed E-state index contributed by atoms with van der Waals surface area (Å²) in [5.74, 6) is -2.17. The van der Waals surface area contributed by atoms with Crippen molar-refractivity contribution in [1.82, 2.24) is 4.90 Å². The number of aliphatic carboxylic acids is 1. The van der Waals surface area contributed by atoms with Gasteiger partial charge in [-0.05, 0) is 18.6 Å². The summed E-state index contributed by atoms with van der Waals surface area (Å²) in [5, 5.41) is 8.53. The van der Waals surface area contributed by atoms with Crippen LogP contribution in [-0.4, -0.2) is 35.5 Å². The second-order valence-electron chi connectivity index (χ2n) is 3.82. The van der Waals surface area contributed by atoms with Crippen molar-refractivity contribution >= 4 is 23.5 Å². The molecule has 98 valence electrons. The third-order valence-electron chi connectivity index (χ3n) is 2.41. The van der Waals surface area contributed by atoms with E-state index in [-0.39, 0.29) is 23.6 Å². The molecule has 1 aromatic carbocycles. The molecule has 0 bridgehead atoms. The molecular weight excluding hydrogens is 261 g/mol. The number of hydrogen-bond acceptors (Lipinski definition) is 2. The molecule has 0 saturated carbocycles. The highest BCUT2D eigenvalue weighted by Gasteiger charge is 2.19. The smallest absolute Gasteiger partial charge is 0.303 e. The molecule has 0 heterocycles. The van der Waals surface area contributed by atoms with Gasteiger partial charge in [-0.25, -0.2) is 4.39 Å². The predicted molar refractivity (Wildman–Crippen MR) is 65.2 cm³/mol. The molecule has 1 rings (SSSR count). The minimum atomic E-state index is -0.931. The Labute approximate surface area is 109 Å². The summed E-state index contributed by atoms with van der Waals surface area (Å²) in [7, 11) is 1.48. The molecule has 0 aliphatic rings. The molecular formula is C12H13ClFNO3. The van der Waals surface area contributed by atoms with E-state index < -0.39 is 17.7 Å². The average Bonchev–Trinajstić information content (AvgIpc) is 2.27. The Balaban J connectivity index is 2.72. The van der Waals surface area contributed by atoms with Gasteiger partial charge in [-0.15, -0.1) is 0 Å². The lowest BCUT2D eigenvalue weighted by molar-refractivity contribution is -0.137. The van der Waals surface area contributed by atoms with Crippen molar-refractivity contribution in [3.8, 4) is 0 Å². The third kappa shape index (κ3) is 3.70. The van der Waals surface area contributed by atoms with Crippen LogP contribution < -0.4 is 0 Å². The first-order valence-electron chi connectivity index (χ1n) is 5.34. The minimum absolute atomic E-state index is 0.0391. The number of nitrogens with zero attached hydrogens (tertiary/aromatic N) is 1. The van der Waals surface area contributed by atoms with Crippen molar-refractivity contribution in [1.29, 1.82) is 0 Å². The molecule has 0 unspecified atom stereocenters. The van der Waals surface area contributed by atoms with Gasteiger partial charge in [0.1, 0.15) is 5.82 Å². The number of amides is 1. The summed E-state index contributed by atoms with van der Waals surface area (Å²) in [5.41, 5.74) is -0.183. The van der Waals surface area contributed by atoms with E-state index in [2.05, 4.69) is 0 Å². The number of carboxylic acid groups (broad SMARTS) is 1. The Bertz CT molecular complexity index is 444. The normalized spacial score (nSPS) is 10.2. The van der Waals surface area contributed by atoms with E-state index in [0.29, 0.717) is 6.42 Å². The van der Waals surface area contributed by atoms with Crippen LogP contribution in [-0.2, 0) is 4.79 Å². The summed E-state index contributed by atoms with van der Waals surface area (Å²) in [4.78, 5) is 23.5. The fraction of sp³-hybridized carbons (Fsp3) is 0.333. The van der Waals surface area contributed by atoms with E-state index in [4.69, 9.17) is 16.7 Å². The number of benzene rings is 1. The number of hydrogen-bond donors (Lipinski definition) is 1. The second-order valence-corrected chi connectivity index (χ2v) is 4.23. The molecule has 0 fully saturated rings. The molecule has 0 aromatic heterocycles. The van der Waals surface area contributed by atoms with E-state index >= 15 is 0 Å². The van der Waals surface area contributed by atoms with Crippen LogP contribution in [0.5, 0.6) is 0 Å². The molecule has 0 radical (unpaired) electrons. The lowest BCUT2D eigenvalue weighted by Gasteiger charge is -2.17. The fourth-order valence-electron chi connectivity index (χ4n) is 1.46. The first kappa shape index (κ1) is 14.4. The van der Waals surface area contributed by atoms with Gasteiger partial charge in [-0.1, -0.05) is 17.7 Å². The van der Waals surface area contributed by atoms with Crippen LogP contribution >= 0.6 is 11.6 Å².